The van der Waals surface area contributed by atoms with Gasteiger partial charge >= 0.3 is 0 Å². The molecule has 1 aliphatic rings. The maximum Gasteiger partial charge on any atom is 0.147 e. The van der Waals surface area contributed by atoms with Crippen molar-refractivity contribution in [3.05, 3.63) is 23.8 Å². The van der Waals surface area contributed by atoms with Crippen LogP contribution in [0.1, 0.15) is 5.56 Å². The number of nitrogens with one attached hydrogen (secondary N) is 1. The molecule has 58 valence electrons. The van der Waals surface area contributed by atoms with E-state index in [0.717, 1.165) is 24.5 Å². The molecule has 0 fully saturated rings. The first-order valence-electron chi connectivity index (χ1n) is 3.63. The maximum atomic E-state index is 5.38. The molecule has 0 bridgehead atoms. The standard InChI is InChI=1S/C8H10N2O/c9-10-7-3-1-2-6-4-5-11-8(6)7/h1-3,10H,4-5,9H2. The summed E-state index contributed by atoms with van der Waals surface area (Å²) in [6.45, 7) is 0.772. The second-order valence-corrected chi connectivity index (χ2v) is 2.54. The fourth-order valence-electron chi connectivity index (χ4n) is 1.33. The summed E-state index contributed by atoms with van der Waals surface area (Å²) in [6.07, 6.45) is 0.991. The van der Waals surface area contributed by atoms with Gasteiger partial charge < -0.3 is 10.2 Å². The third-order valence-corrected chi connectivity index (χ3v) is 1.87. The lowest BCUT2D eigenvalue weighted by Crippen LogP contribution is -2.07. The largest absolute Gasteiger partial charge is 0.491 e. The molecule has 1 heterocycles. The van der Waals surface area contributed by atoms with Crippen LogP contribution in [-0.4, -0.2) is 6.61 Å². The van der Waals surface area contributed by atoms with E-state index in [1.54, 1.807) is 0 Å². The summed E-state index contributed by atoms with van der Waals surface area (Å²) in [6, 6.07) is 5.94. The first kappa shape index (κ1) is 6.49. The van der Waals surface area contributed by atoms with Crippen LogP contribution in [0.3, 0.4) is 0 Å². The van der Waals surface area contributed by atoms with Crippen LogP contribution in [0.25, 0.3) is 0 Å². The van der Waals surface area contributed by atoms with E-state index in [1.807, 2.05) is 12.1 Å². The van der Waals surface area contributed by atoms with Crippen molar-refractivity contribution in [2.75, 3.05) is 12.0 Å². The van der Waals surface area contributed by atoms with E-state index in [9.17, 15) is 0 Å². The molecule has 0 amide bonds. The summed E-state index contributed by atoms with van der Waals surface area (Å²) in [5.41, 5.74) is 4.71. The van der Waals surface area contributed by atoms with Crippen molar-refractivity contribution in [1.82, 2.24) is 0 Å². The molecule has 0 saturated carbocycles. The van der Waals surface area contributed by atoms with Crippen LogP contribution in [0.4, 0.5) is 5.69 Å². The zero-order chi connectivity index (χ0) is 7.68. The summed E-state index contributed by atoms with van der Waals surface area (Å²) in [4.78, 5) is 0. The zero-order valence-electron chi connectivity index (χ0n) is 6.13. The summed E-state index contributed by atoms with van der Waals surface area (Å²) in [5, 5.41) is 0. The molecule has 1 aliphatic heterocycles. The third kappa shape index (κ3) is 0.935. The molecule has 2 rings (SSSR count). The highest BCUT2D eigenvalue weighted by molar-refractivity contribution is 5.60. The molecule has 0 spiro atoms. The van der Waals surface area contributed by atoms with Gasteiger partial charge in [0.2, 0.25) is 0 Å². The number of nitrogen functional groups attached to an aromatic ring is 1. The Morgan fingerprint density at radius 2 is 2.36 bits per heavy atom. The number of benzene rings is 1. The van der Waals surface area contributed by atoms with Gasteiger partial charge in [0.25, 0.3) is 0 Å². The number of hydrazine groups is 1. The Kier molecular flexibility index (Phi) is 1.43. The number of nitrogens with two attached hydrogens (primary N) is 1. The summed E-state index contributed by atoms with van der Waals surface area (Å²) >= 11 is 0. The predicted octanol–water partition coefficient (Wildman–Crippen LogP) is 0.907. The van der Waals surface area contributed by atoms with Crippen LogP contribution in [0.15, 0.2) is 18.2 Å². The number of anilines is 1. The second kappa shape index (κ2) is 2.43. The monoisotopic (exact) mass is 150 g/mol. The van der Waals surface area contributed by atoms with Gasteiger partial charge in [-0.05, 0) is 11.6 Å². The zero-order valence-corrected chi connectivity index (χ0v) is 6.13. The van der Waals surface area contributed by atoms with E-state index in [-0.39, 0.29) is 0 Å². The van der Waals surface area contributed by atoms with Crippen LogP contribution in [0.5, 0.6) is 5.75 Å². The average Bonchev–Trinajstić information content (AvgIpc) is 2.50. The third-order valence-electron chi connectivity index (χ3n) is 1.87. The van der Waals surface area contributed by atoms with E-state index in [0.29, 0.717) is 0 Å². The minimum absolute atomic E-state index is 0.772. The Balaban J connectivity index is 2.50. The molecule has 3 N–H and O–H groups in total. The van der Waals surface area contributed by atoms with Crippen LogP contribution in [0, 0.1) is 0 Å². The Morgan fingerprint density at radius 1 is 1.45 bits per heavy atom. The molecular formula is C8H10N2O. The first-order chi connectivity index (χ1) is 5.42. The molecule has 0 unspecified atom stereocenters. The first-order valence-corrected chi connectivity index (χ1v) is 3.63. The van der Waals surface area contributed by atoms with E-state index in [1.165, 1.54) is 5.56 Å². The van der Waals surface area contributed by atoms with Crippen LogP contribution in [-0.2, 0) is 6.42 Å². The molecule has 0 aliphatic carbocycles. The highest BCUT2D eigenvalue weighted by atomic mass is 16.5. The fraction of sp³-hybridized carbons (Fsp3) is 0.250. The van der Waals surface area contributed by atoms with Gasteiger partial charge in [0.15, 0.2) is 0 Å². The van der Waals surface area contributed by atoms with E-state index in [4.69, 9.17) is 10.6 Å². The van der Waals surface area contributed by atoms with Crippen molar-refractivity contribution in [1.29, 1.82) is 0 Å². The molecule has 11 heavy (non-hydrogen) atoms. The fourth-order valence-corrected chi connectivity index (χ4v) is 1.33. The molecule has 1 aromatic carbocycles. The van der Waals surface area contributed by atoms with E-state index in [2.05, 4.69) is 11.5 Å². The molecule has 0 radical (unpaired) electrons. The van der Waals surface area contributed by atoms with Crippen molar-refractivity contribution >= 4 is 5.69 Å². The average molecular weight is 150 g/mol. The van der Waals surface area contributed by atoms with Crippen LogP contribution < -0.4 is 16.0 Å². The number of fused-ring (bicyclic) bond motifs is 1. The Morgan fingerprint density at radius 3 is 3.18 bits per heavy atom. The quantitative estimate of drug-likeness (QED) is 0.462. The molecule has 0 aromatic heterocycles. The molecular weight excluding hydrogens is 140 g/mol. The number of rotatable bonds is 1. The lowest BCUT2D eigenvalue weighted by Gasteiger charge is -2.05. The maximum absolute atomic E-state index is 5.38. The smallest absolute Gasteiger partial charge is 0.147 e. The van der Waals surface area contributed by atoms with E-state index >= 15 is 0 Å². The number of hydrogen-bond acceptors (Lipinski definition) is 3. The van der Waals surface area contributed by atoms with Gasteiger partial charge in [-0.2, -0.15) is 0 Å². The number of para-hydroxylation sites is 1. The van der Waals surface area contributed by atoms with Gasteiger partial charge in [-0.1, -0.05) is 12.1 Å². The molecule has 0 saturated heterocycles. The summed E-state index contributed by atoms with van der Waals surface area (Å²) in [5.74, 6) is 6.20. The van der Waals surface area contributed by atoms with Crippen molar-refractivity contribution in [3.8, 4) is 5.75 Å². The van der Waals surface area contributed by atoms with Gasteiger partial charge in [0.05, 0.1) is 12.3 Å². The predicted molar refractivity (Wildman–Crippen MR) is 43.5 cm³/mol. The molecule has 3 nitrogen and oxygen atoms in total. The SMILES string of the molecule is NNc1cccc2c1OCC2. The minimum Gasteiger partial charge on any atom is -0.491 e. The lowest BCUT2D eigenvalue weighted by molar-refractivity contribution is 0.358. The van der Waals surface area contributed by atoms with Crippen molar-refractivity contribution in [3.63, 3.8) is 0 Å². The Labute approximate surface area is 65.1 Å². The molecule has 1 aromatic rings. The highest BCUT2D eigenvalue weighted by Crippen LogP contribution is 2.32. The number of hydrogen-bond donors (Lipinski definition) is 2. The summed E-state index contributed by atoms with van der Waals surface area (Å²) in [7, 11) is 0. The van der Waals surface area contributed by atoms with Gasteiger partial charge in [-0.15, -0.1) is 0 Å². The molecule has 0 atom stereocenters. The second-order valence-electron chi connectivity index (χ2n) is 2.54. The molecule has 3 heteroatoms. The Bertz CT molecular complexity index is 273. The van der Waals surface area contributed by atoms with Crippen molar-refractivity contribution in [2.45, 2.75) is 6.42 Å². The minimum atomic E-state index is 0.772. The highest BCUT2D eigenvalue weighted by Gasteiger charge is 2.14. The van der Waals surface area contributed by atoms with Gasteiger partial charge in [0.1, 0.15) is 5.75 Å². The van der Waals surface area contributed by atoms with Crippen molar-refractivity contribution in [2.24, 2.45) is 5.84 Å². The normalized spacial score (nSPS) is 13.9. The lowest BCUT2D eigenvalue weighted by atomic mass is 10.1. The Hall–Kier alpha value is -1.22. The number of ether oxygens (including phenoxy) is 1. The van der Waals surface area contributed by atoms with Gasteiger partial charge in [-0.25, -0.2) is 0 Å². The van der Waals surface area contributed by atoms with Gasteiger partial charge in [-0.3, -0.25) is 5.84 Å². The van der Waals surface area contributed by atoms with Crippen LogP contribution in [0.2, 0.25) is 0 Å². The summed E-state index contributed by atoms with van der Waals surface area (Å²) < 4.78 is 5.38. The van der Waals surface area contributed by atoms with E-state index < -0.39 is 0 Å². The van der Waals surface area contributed by atoms with Crippen molar-refractivity contribution < 1.29 is 4.74 Å². The van der Waals surface area contributed by atoms with Crippen LogP contribution >= 0.6 is 0 Å². The topological polar surface area (TPSA) is 47.3 Å². The van der Waals surface area contributed by atoms with Gasteiger partial charge in [0, 0.05) is 6.42 Å².